The van der Waals surface area contributed by atoms with E-state index in [2.05, 4.69) is 18.7 Å². The predicted molar refractivity (Wildman–Crippen MR) is 68.4 cm³/mol. The molecule has 2 aliphatic rings. The Morgan fingerprint density at radius 2 is 2.33 bits per heavy atom. The third kappa shape index (κ3) is 2.54. The molecule has 2 rings (SSSR count). The van der Waals surface area contributed by atoms with Gasteiger partial charge < -0.3 is 23.4 Å². The summed E-state index contributed by atoms with van der Waals surface area (Å²) >= 11 is 0. The Morgan fingerprint density at radius 1 is 1.56 bits per heavy atom. The van der Waals surface area contributed by atoms with Gasteiger partial charge in [-0.05, 0) is 5.92 Å². The average Bonchev–Trinajstić information content (AvgIpc) is 2.86. The van der Waals surface area contributed by atoms with Crippen LogP contribution >= 0.6 is 8.38 Å². The summed E-state index contributed by atoms with van der Waals surface area (Å²) in [5.41, 5.74) is -0.315. The van der Waals surface area contributed by atoms with Crippen LogP contribution < -0.4 is 0 Å². The normalized spacial score (nSPS) is 35.9. The molecule has 5 nitrogen and oxygen atoms in total. The number of fused-ring (bicyclic) bond motifs is 2. The summed E-state index contributed by atoms with van der Waals surface area (Å²) in [6, 6.07) is 0. The van der Waals surface area contributed by atoms with E-state index in [0.29, 0.717) is 32.3 Å². The molecule has 0 spiro atoms. The summed E-state index contributed by atoms with van der Waals surface area (Å²) in [6.07, 6.45) is -0.0108. The van der Waals surface area contributed by atoms with Crippen LogP contribution in [0, 0.1) is 12.5 Å². The minimum atomic E-state index is -0.976. The Hall–Kier alpha value is -0.240. The van der Waals surface area contributed by atoms with Crippen LogP contribution in [0.5, 0.6) is 0 Å². The van der Waals surface area contributed by atoms with E-state index < -0.39 is 8.38 Å². The van der Waals surface area contributed by atoms with Gasteiger partial charge in [-0.15, -0.1) is 0 Å². The first-order chi connectivity index (χ1) is 8.60. The lowest BCUT2D eigenvalue weighted by atomic mass is 9.87. The standard InChI is InChI=1S/C12H20NO4P/c1-9(2)12-8-14-10(7-15-12)11(12)17-18(4)16-6-5-13-3/h9-11H,5-8H2,1-2,4H3/t10-,11-,12+,18?/m0/s1. The lowest BCUT2D eigenvalue weighted by Crippen LogP contribution is -2.45. The van der Waals surface area contributed by atoms with Crippen LogP contribution in [0.1, 0.15) is 13.8 Å². The van der Waals surface area contributed by atoms with Gasteiger partial charge in [-0.2, -0.15) is 0 Å². The SMILES string of the molecule is [C-]#[N+]CCOP(C)O[C@H]1[C@@H]2CO[C@@]1(C(C)C)CO2. The lowest BCUT2D eigenvalue weighted by molar-refractivity contribution is -0.122. The van der Waals surface area contributed by atoms with Gasteiger partial charge in [-0.25, -0.2) is 6.57 Å². The summed E-state index contributed by atoms with van der Waals surface area (Å²) in [5, 5.41) is 0. The smallest absolute Gasteiger partial charge is 0.238 e. The number of hydrogen-bond donors (Lipinski definition) is 0. The van der Waals surface area contributed by atoms with Gasteiger partial charge in [0.25, 0.3) is 0 Å². The molecule has 0 N–H and O–H groups in total. The van der Waals surface area contributed by atoms with Crippen LogP contribution in [0.15, 0.2) is 0 Å². The third-order valence-corrected chi connectivity index (χ3v) is 4.64. The van der Waals surface area contributed by atoms with E-state index in [1.54, 1.807) is 0 Å². The molecule has 0 amide bonds. The van der Waals surface area contributed by atoms with Crippen molar-refractivity contribution in [3.05, 3.63) is 11.4 Å². The molecule has 0 aromatic carbocycles. The number of hydrogen-bond acceptors (Lipinski definition) is 4. The average molecular weight is 273 g/mol. The van der Waals surface area contributed by atoms with E-state index in [1.165, 1.54) is 0 Å². The molecule has 2 fully saturated rings. The summed E-state index contributed by atoms with van der Waals surface area (Å²) in [5.74, 6) is 0.349. The molecule has 0 aliphatic carbocycles. The molecule has 2 saturated heterocycles. The molecule has 0 radical (unpaired) electrons. The molecule has 2 heterocycles. The van der Waals surface area contributed by atoms with E-state index >= 15 is 0 Å². The first kappa shape index (κ1) is 14.2. The molecule has 102 valence electrons. The zero-order valence-electron chi connectivity index (χ0n) is 11.1. The monoisotopic (exact) mass is 273 g/mol. The van der Waals surface area contributed by atoms with Gasteiger partial charge in [0, 0.05) is 6.66 Å². The fourth-order valence-electron chi connectivity index (χ4n) is 2.44. The minimum absolute atomic E-state index is 0.0295. The summed E-state index contributed by atoms with van der Waals surface area (Å²) in [6.45, 7) is 14.9. The highest BCUT2D eigenvalue weighted by molar-refractivity contribution is 7.46. The molecule has 6 heteroatoms. The van der Waals surface area contributed by atoms with Crippen molar-refractivity contribution in [2.75, 3.05) is 33.0 Å². The van der Waals surface area contributed by atoms with Crippen LogP contribution in [-0.4, -0.2) is 50.8 Å². The molecule has 0 saturated carbocycles. The van der Waals surface area contributed by atoms with Crippen molar-refractivity contribution in [2.45, 2.75) is 31.7 Å². The van der Waals surface area contributed by atoms with E-state index in [-0.39, 0.29) is 17.8 Å². The van der Waals surface area contributed by atoms with Crippen molar-refractivity contribution in [3.63, 3.8) is 0 Å². The maximum Gasteiger partial charge on any atom is 0.238 e. The summed E-state index contributed by atoms with van der Waals surface area (Å²) in [7, 11) is -0.976. The lowest BCUT2D eigenvalue weighted by Gasteiger charge is -2.33. The zero-order valence-corrected chi connectivity index (χ0v) is 12.0. The predicted octanol–water partition coefficient (Wildman–Crippen LogP) is 2.07. The molecule has 1 unspecified atom stereocenters. The molecule has 0 aromatic heterocycles. The minimum Gasteiger partial charge on any atom is -0.370 e. The van der Waals surface area contributed by atoms with Gasteiger partial charge in [0.05, 0.1) is 13.2 Å². The zero-order chi connectivity index (χ0) is 13.2. The van der Waals surface area contributed by atoms with Gasteiger partial charge in [-0.1, -0.05) is 13.8 Å². The van der Waals surface area contributed by atoms with Crippen LogP contribution in [0.4, 0.5) is 0 Å². The first-order valence-corrected chi connectivity index (χ1v) is 7.85. The van der Waals surface area contributed by atoms with Crippen molar-refractivity contribution in [1.29, 1.82) is 0 Å². The summed E-state index contributed by atoms with van der Waals surface area (Å²) < 4.78 is 23.1. The van der Waals surface area contributed by atoms with Crippen molar-refractivity contribution in [2.24, 2.45) is 5.92 Å². The molecular weight excluding hydrogens is 253 g/mol. The first-order valence-electron chi connectivity index (χ1n) is 6.22. The number of rotatable bonds is 6. The van der Waals surface area contributed by atoms with E-state index in [0.717, 1.165) is 0 Å². The Bertz CT molecular complexity index is 323. The highest BCUT2D eigenvalue weighted by atomic mass is 31.2. The molecule has 2 aliphatic heterocycles. The molecule has 18 heavy (non-hydrogen) atoms. The van der Waals surface area contributed by atoms with E-state index in [4.69, 9.17) is 25.1 Å². The Labute approximate surface area is 109 Å². The van der Waals surface area contributed by atoms with Crippen LogP contribution in [0.3, 0.4) is 0 Å². The Balaban J connectivity index is 1.91. The van der Waals surface area contributed by atoms with E-state index in [1.807, 2.05) is 6.66 Å². The van der Waals surface area contributed by atoms with Gasteiger partial charge in [-0.3, -0.25) is 0 Å². The molecule has 0 aromatic rings. The summed E-state index contributed by atoms with van der Waals surface area (Å²) in [4.78, 5) is 3.25. The van der Waals surface area contributed by atoms with Crippen LogP contribution in [0.2, 0.25) is 0 Å². The van der Waals surface area contributed by atoms with Crippen molar-refractivity contribution < 1.29 is 18.5 Å². The Kier molecular flexibility index (Phi) is 4.58. The highest BCUT2D eigenvalue weighted by Gasteiger charge is 2.59. The number of nitrogens with zero attached hydrogens (tertiary/aromatic N) is 1. The van der Waals surface area contributed by atoms with Crippen LogP contribution in [0.25, 0.3) is 4.85 Å². The fraction of sp³-hybridized carbons (Fsp3) is 0.917. The second-order valence-electron chi connectivity index (χ2n) is 4.95. The van der Waals surface area contributed by atoms with Crippen molar-refractivity contribution in [3.8, 4) is 0 Å². The fourth-order valence-corrected chi connectivity index (χ4v) is 3.48. The molecular formula is C12H20NO4P. The topological polar surface area (TPSA) is 41.3 Å². The van der Waals surface area contributed by atoms with E-state index in [9.17, 15) is 0 Å². The van der Waals surface area contributed by atoms with Gasteiger partial charge in [0.2, 0.25) is 6.54 Å². The van der Waals surface area contributed by atoms with Crippen molar-refractivity contribution >= 4 is 8.38 Å². The highest BCUT2D eigenvalue weighted by Crippen LogP contribution is 2.48. The second-order valence-corrected chi connectivity index (χ2v) is 6.30. The maximum atomic E-state index is 6.70. The third-order valence-electron chi connectivity index (χ3n) is 3.57. The Morgan fingerprint density at radius 3 is 2.89 bits per heavy atom. The molecule has 4 atom stereocenters. The maximum absolute atomic E-state index is 6.70. The van der Waals surface area contributed by atoms with Gasteiger partial charge >= 0.3 is 0 Å². The second kappa shape index (κ2) is 5.81. The van der Waals surface area contributed by atoms with Crippen molar-refractivity contribution in [1.82, 2.24) is 0 Å². The quantitative estimate of drug-likeness (QED) is 0.422. The van der Waals surface area contributed by atoms with Gasteiger partial charge in [0.15, 0.2) is 8.38 Å². The number of ether oxygens (including phenoxy) is 2. The molecule has 2 bridgehead atoms. The van der Waals surface area contributed by atoms with Crippen LogP contribution in [-0.2, 0) is 18.5 Å². The van der Waals surface area contributed by atoms with Gasteiger partial charge in [0.1, 0.15) is 24.4 Å². The largest absolute Gasteiger partial charge is 0.370 e.